The van der Waals surface area contributed by atoms with Crippen LogP contribution in [0.2, 0.25) is 0 Å². The summed E-state index contributed by atoms with van der Waals surface area (Å²) in [7, 11) is -4.35. The van der Waals surface area contributed by atoms with Crippen LogP contribution in [0.5, 0.6) is 0 Å². The molecular formula is C11H15FO2S. The number of aryl methyl sites for hydroxylation is 1. The molecule has 1 aromatic rings. The third-order valence-electron chi connectivity index (χ3n) is 2.15. The van der Waals surface area contributed by atoms with Gasteiger partial charge in [-0.25, -0.2) is 0 Å². The van der Waals surface area contributed by atoms with Crippen LogP contribution in [0.25, 0.3) is 0 Å². The predicted molar refractivity (Wildman–Crippen MR) is 58.9 cm³/mol. The topological polar surface area (TPSA) is 34.1 Å². The third-order valence-corrected chi connectivity index (χ3v) is 3.12. The molecule has 0 aliphatic carbocycles. The first-order valence-corrected chi connectivity index (χ1v) is 6.40. The van der Waals surface area contributed by atoms with Gasteiger partial charge >= 0.3 is 10.2 Å². The smallest absolute Gasteiger partial charge is 0.195 e. The number of rotatable bonds is 4. The summed E-state index contributed by atoms with van der Waals surface area (Å²) in [6.07, 6.45) is 0.588. The Balaban J connectivity index is 2.63. The average molecular weight is 230 g/mol. The van der Waals surface area contributed by atoms with Gasteiger partial charge in [0.15, 0.2) is 0 Å². The van der Waals surface area contributed by atoms with Crippen LogP contribution in [-0.2, 0) is 16.6 Å². The summed E-state index contributed by atoms with van der Waals surface area (Å²) in [4.78, 5) is 0. The van der Waals surface area contributed by atoms with E-state index in [1.54, 1.807) is 6.92 Å². The molecule has 0 heterocycles. The first-order valence-electron chi connectivity index (χ1n) is 4.85. The summed E-state index contributed by atoms with van der Waals surface area (Å²) in [6.45, 7) is 3.71. The molecule has 0 saturated heterocycles. The molecule has 1 aromatic carbocycles. The molecule has 84 valence electrons. The van der Waals surface area contributed by atoms with Gasteiger partial charge in [0.2, 0.25) is 0 Å². The van der Waals surface area contributed by atoms with Gasteiger partial charge in [0.05, 0.1) is 5.75 Å². The minimum atomic E-state index is -4.35. The van der Waals surface area contributed by atoms with E-state index in [1.807, 2.05) is 31.2 Å². The highest BCUT2D eigenvalue weighted by Crippen LogP contribution is 2.12. The fourth-order valence-electron chi connectivity index (χ4n) is 1.64. The van der Waals surface area contributed by atoms with E-state index in [0.717, 1.165) is 11.1 Å². The van der Waals surface area contributed by atoms with Crippen LogP contribution in [0.3, 0.4) is 0 Å². The Kier molecular flexibility index (Phi) is 3.85. The lowest BCUT2D eigenvalue weighted by Gasteiger charge is -2.08. The van der Waals surface area contributed by atoms with Crippen molar-refractivity contribution in [1.29, 1.82) is 0 Å². The molecule has 4 heteroatoms. The van der Waals surface area contributed by atoms with Crippen LogP contribution < -0.4 is 0 Å². The van der Waals surface area contributed by atoms with Crippen LogP contribution in [0.4, 0.5) is 3.89 Å². The minimum Gasteiger partial charge on any atom is -0.195 e. The Morgan fingerprint density at radius 3 is 2.60 bits per heavy atom. The van der Waals surface area contributed by atoms with Gasteiger partial charge in [0.25, 0.3) is 0 Å². The molecule has 0 N–H and O–H groups in total. The SMILES string of the molecule is Cc1cccc(CC(C)CS(=O)(=O)F)c1. The largest absolute Gasteiger partial charge is 0.302 e. The summed E-state index contributed by atoms with van der Waals surface area (Å²) in [5.74, 6) is -0.595. The molecule has 0 fully saturated rings. The van der Waals surface area contributed by atoms with E-state index >= 15 is 0 Å². The van der Waals surface area contributed by atoms with Crippen molar-refractivity contribution in [3.63, 3.8) is 0 Å². The number of halogens is 1. The van der Waals surface area contributed by atoms with Gasteiger partial charge in [-0.05, 0) is 24.8 Å². The van der Waals surface area contributed by atoms with Crippen LogP contribution in [-0.4, -0.2) is 14.2 Å². The lowest BCUT2D eigenvalue weighted by Crippen LogP contribution is -2.11. The molecule has 0 saturated carbocycles. The second-order valence-electron chi connectivity index (χ2n) is 4.00. The molecule has 0 aliphatic rings. The monoisotopic (exact) mass is 230 g/mol. The first-order chi connectivity index (χ1) is 6.87. The van der Waals surface area contributed by atoms with Gasteiger partial charge in [-0.1, -0.05) is 36.8 Å². The van der Waals surface area contributed by atoms with Crippen LogP contribution in [0.1, 0.15) is 18.1 Å². The summed E-state index contributed by atoms with van der Waals surface area (Å²) in [6, 6.07) is 7.80. The fraction of sp³-hybridized carbons (Fsp3) is 0.455. The zero-order valence-corrected chi connectivity index (χ0v) is 9.72. The van der Waals surface area contributed by atoms with E-state index in [9.17, 15) is 12.3 Å². The predicted octanol–water partition coefficient (Wildman–Crippen LogP) is 2.47. The van der Waals surface area contributed by atoms with Crippen LogP contribution >= 0.6 is 0 Å². The van der Waals surface area contributed by atoms with Crippen LogP contribution in [0, 0.1) is 12.8 Å². The highest BCUT2D eigenvalue weighted by atomic mass is 32.3. The summed E-state index contributed by atoms with van der Waals surface area (Å²) >= 11 is 0. The second kappa shape index (κ2) is 4.75. The third kappa shape index (κ3) is 4.93. The average Bonchev–Trinajstić information content (AvgIpc) is 1.99. The van der Waals surface area contributed by atoms with Crippen molar-refractivity contribution >= 4 is 10.2 Å². The number of hydrogen-bond acceptors (Lipinski definition) is 2. The zero-order chi connectivity index (χ0) is 11.5. The lowest BCUT2D eigenvalue weighted by atomic mass is 10.0. The normalized spacial score (nSPS) is 13.8. The zero-order valence-electron chi connectivity index (χ0n) is 8.90. The molecule has 1 atom stereocenters. The Morgan fingerprint density at radius 1 is 1.40 bits per heavy atom. The van der Waals surface area contributed by atoms with E-state index in [2.05, 4.69) is 0 Å². The van der Waals surface area contributed by atoms with E-state index in [0.29, 0.717) is 6.42 Å². The Morgan fingerprint density at radius 2 is 2.07 bits per heavy atom. The van der Waals surface area contributed by atoms with Crippen molar-refractivity contribution in [2.24, 2.45) is 5.92 Å². The van der Waals surface area contributed by atoms with E-state index < -0.39 is 16.0 Å². The number of hydrogen-bond donors (Lipinski definition) is 0. The molecule has 15 heavy (non-hydrogen) atoms. The quantitative estimate of drug-likeness (QED) is 0.745. The molecule has 0 radical (unpaired) electrons. The van der Waals surface area contributed by atoms with Crippen molar-refractivity contribution < 1.29 is 12.3 Å². The molecule has 1 rings (SSSR count). The molecular weight excluding hydrogens is 215 g/mol. The van der Waals surface area contributed by atoms with Gasteiger partial charge in [-0.15, -0.1) is 3.89 Å². The fourth-order valence-corrected chi connectivity index (χ4v) is 2.44. The van der Waals surface area contributed by atoms with Crippen molar-refractivity contribution in [1.82, 2.24) is 0 Å². The second-order valence-corrected chi connectivity index (χ2v) is 5.41. The summed E-state index contributed by atoms with van der Waals surface area (Å²) in [5.41, 5.74) is 2.17. The van der Waals surface area contributed by atoms with E-state index in [1.165, 1.54) is 0 Å². The van der Waals surface area contributed by atoms with Gasteiger partial charge in [-0.2, -0.15) is 8.42 Å². The molecule has 2 nitrogen and oxygen atoms in total. The van der Waals surface area contributed by atoms with Gasteiger partial charge in [-0.3, -0.25) is 0 Å². The molecule has 0 aliphatic heterocycles. The van der Waals surface area contributed by atoms with Crippen molar-refractivity contribution in [3.05, 3.63) is 35.4 Å². The van der Waals surface area contributed by atoms with Crippen molar-refractivity contribution in [2.75, 3.05) is 5.75 Å². The van der Waals surface area contributed by atoms with Gasteiger partial charge in [0, 0.05) is 0 Å². The van der Waals surface area contributed by atoms with Gasteiger partial charge in [0.1, 0.15) is 0 Å². The maximum absolute atomic E-state index is 12.4. The minimum absolute atomic E-state index is 0.193. The Hall–Kier alpha value is -0.900. The highest BCUT2D eigenvalue weighted by molar-refractivity contribution is 7.86. The highest BCUT2D eigenvalue weighted by Gasteiger charge is 2.14. The molecule has 1 unspecified atom stereocenters. The van der Waals surface area contributed by atoms with Crippen molar-refractivity contribution in [3.8, 4) is 0 Å². The maximum Gasteiger partial charge on any atom is 0.302 e. The Bertz CT molecular complexity index is 426. The molecule has 0 bridgehead atoms. The van der Waals surface area contributed by atoms with E-state index in [4.69, 9.17) is 0 Å². The maximum atomic E-state index is 12.4. The lowest BCUT2D eigenvalue weighted by molar-refractivity contribution is 0.530. The van der Waals surface area contributed by atoms with Crippen LogP contribution in [0.15, 0.2) is 24.3 Å². The van der Waals surface area contributed by atoms with E-state index in [-0.39, 0.29) is 5.92 Å². The standard InChI is InChI=1S/C11H15FO2S/c1-9-4-3-5-11(6-9)7-10(2)8-15(12,13)14/h3-6,10H,7-8H2,1-2H3. The summed E-state index contributed by atoms with van der Waals surface area (Å²) in [5, 5.41) is 0. The Labute approximate surface area is 90.3 Å². The number of benzene rings is 1. The van der Waals surface area contributed by atoms with Gasteiger partial charge < -0.3 is 0 Å². The first kappa shape index (κ1) is 12.2. The molecule has 0 amide bonds. The molecule has 0 spiro atoms. The molecule has 0 aromatic heterocycles. The summed E-state index contributed by atoms with van der Waals surface area (Å²) < 4.78 is 33.3. The van der Waals surface area contributed by atoms with Crippen molar-refractivity contribution in [2.45, 2.75) is 20.3 Å².